The smallest absolute Gasteiger partial charge is 0.0704 e. The van der Waals surface area contributed by atoms with E-state index in [1.54, 1.807) is 12.2 Å². The van der Waals surface area contributed by atoms with Crippen LogP contribution in [0.3, 0.4) is 0 Å². The van der Waals surface area contributed by atoms with Crippen LogP contribution in [0.2, 0.25) is 0 Å². The Balaban J connectivity index is 3.41. The summed E-state index contributed by atoms with van der Waals surface area (Å²) >= 11 is 8.97. The summed E-state index contributed by atoms with van der Waals surface area (Å²) in [5.41, 5.74) is 0. The molecule has 0 aliphatic carbocycles. The lowest BCUT2D eigenvalue weighted by Gasteiger charge is -1.71. The fourth-order valence-corrected chi connectivity index (χ4v) is 0.292. The molecule has 6 heavy (non-hydrogen) atoms. The first-order chi connectivity index (χ1) is 2.77. The molecular formula is C4H5ClS. The molecule has 34 valence electrons. The number of hydrogen-bond donors (Lipinski definition) is 1. The number of halogens is 1. The van der Waals surface area contributed by atoms with E-state index >= 15 is 0 Å². The monoisotopic (exact) mass is 120 g/mol. The second-order valence-corrected chi connectivity index (χ2v) is 1.88. The number of rotatable bonds is 1. The lowest BCUT2D eigenvalue weighted by atomic mass is 10.6. The van der Waals surface area contributed by atoms with Crippen LogP contribution in [-0.2, 0) is 0 Å². The quantitative estimate of drug-likeness (QED) is 0.398. The van der Waals surface area contributed by atoms with Crippen LogP contribution in [0.4, 0.5) is 0 Å². The van der Waals surface area contributed by atoms with Gasteiger partial charge < -0.3 is 0 Å². The van der Waals surface area contributed by atoms with Gasteiger partial charge in [0.2, 0.25) is 0 Å². The summed E-state index contributed by atoms with van der Waals surface area (Å²) in [5, 5.41) is 0. The summed E-state index contributed by atoms with van der Waals surface area (Å²) in [6.07, 6.45) is 3.18. The average molecular weight is 121 g/mol. The molecule has 0 bridgehead atoms. The Morgan fingerprint density at radius 1 is 1.83 bits per heavy atom. The molecule has 0 aromatic heterocycles. The lowest BCUT2D eigenvalue weighted by Crippen LogP contribution is -1.43. The van der Waals surface area contributed by atoms with Crippen molar-refractivity contribution >= 4 is 24.2 Å². The first-order valence-corrected chi connectivity index (χ1v) is 2.27. The van der Waals surface area contributed by atoms with Gasteiger partial charge in [0.1, 0.15) is 0 Å². The second kappa shape index (κ2) is 3.32. The zero-order valence-corrected chi connectivity index (χ0v) is 4.84. The molecule has 0 amide bonds. The van der Waals surface area contributed by atoms with Crippen LogP contribution in [0.1, 0.15) is 0 Å². The average Bonchev–Trinajstić information content (AvgIpc) is 1.35. The normalized spacial score (nSPS) is 11.3. The van der Waals surface area contributed by atoms with Crippen LogP contribution in [0.15, 0.2) is 23.1 Å². The van der Waals surface area contributed by atoms with Crippen LogP contribution in [0.5, 0.6) is 0 Å². The van der Waals surface area contributed by atoms with Crippen molar-refractivity contribution in [2.75, 3.05) is 0 Å². The highest BCUT2D eigenvalue weighted by molar-refractivity contribution is 7.86. The zero-order valence-electron chi connectivity index (χ0n) is 3.19. The first kappa shape index (κ1) is 6.12. The van der Waals surface area contributed by atoms with Gasteiger partial charge >= 0.3 is 0 Å². The van der Waals surface area contributed by atoms with Crippen LogP contribution >= 0.6 is 24.2 Å². The van der Waals surface area contributed by atoms with E-state index in [0.717, 1.165) is 0 Å². The highest BCUT2D eigenvalue weighted by Gasteiger charge is 1.68. The third-order valence-corrected chi connectivity index (χ3v) is 0.530. The predicted molar refractivity (Wildman–Crippen MR) is 33.1 cm³/mol. The molecule has 0 aromatic carbocycles. The highest BCUT2D eigenvalue weighted by Crippen LogP contribution is 2.03. The van der Waals surface area contributed by atoms with Gasteiger partial charge in [-0.3, -0.25) is 0 Å². The summed E-state index contributed by atoms with van der Waals surface area (Å²) < 4.78 is 0.463. The molecule has 0 radical (unpaired) electrons. The van der Waals surface area contributed by atoms with Crippen LogP contribution in [-0.4, -0.2) is 0 Å². The lowest BCUT2D eigenvalue weighted by molar-refractivity contribution is 2.08. The van der Waals surface area contributed by atoms with E-state index in [1.165, 1.54) is 0 Å². The topological polar surface area (TPSA) is 0 Å². The van der Waals surface area contributed by atoms with Crippen molar-refractivity contribution in [2.45, 2.75) is 0 Å². The molecule has 0 saturated carbocycles. The molecule has 0 spiro atoms. The molecule has 0 unspecified atom stereocenters. The Bertz CT molecular complexity index is 71.6. The van der Waals surface area contributed by atoms with Crippen molar-refractivity contribution in [1.29, 1.82) is 0 Å². The van der Waals surface area contributed by atoms with Gasteiger partial charge in [0, 0.05) is 0 Å². The summed E-state index contributed by atoms with van der Waals surface area (Å²) in [6.45, 7) is 3.39. The maximum absolute atomic E-state index is 5.23. The van der Waals surface area contributed by atoms with Crippen molar-refractivity contribution in [3.8, 4) is 0 Å². The standard InChI is InChI=1S/C4H5ClS/c1-2-3-4(5)6/h2-3,6H,1H2/b4-3+. The minimum Gasteiger partial charge on any atom is -0.131 e. The SMILES string of the molecule is C=C/C=C(/S)Cl. The second-order valence-electron chi connectivity index (χ2n) is 0.725. The van der Waals surface area contributed by atoms with Gasteiger partial charge in [0.05, 0.1) is 4.36 Å². The molecule has 0 aliphatic rings. The van der Waals surface area contributed by atoms with E-state index < -0.39 is 0 Å². The predicted octanol–water partition coefficient (Wildman–Crippen LogP) is 2.18. The highest BCUT2D eigenvalue weighted by atomic mass is 35.5. The molecule has 0 nitrogen and oxygen atoms in total. The van der Waals surface area contributed by atoms with Crippen molar-refractivity contribution in [3.63, 3.8) is 0 Å². The van der Waals surface area contributed by atoms with E-state index in [2.05, 4.69) is 19.2 Å². The summed E-state index contributed by atoms with van der Waals surface area (Å²) in [7, 11) is 0. The van der Waals surface area contributed by atoms with Crippen molar-refractivity contribution in [3.05, 3.63) is 23.1 Å². The molecule has 0 aliphatic heterocycles. The van der Waals surface area contributed by atoms with E-state index in [0.29, 0.717) is 4.36 Å². The van der Waals surface area contributed by atoms with Crippen LogP contribution in [0.25, 0.3) is 0 Å². The molecule has 0 fully saturated rings. The molecule has 0 rings (SSSR count). The third-order valence-electron chi connectivity index (χ3n) is 0.255. The number of thiol groups is 1. The van der Waals surface area contributed by atoms with Gasteiger partial charge in [-0.2, -0.15) is 0 Å². The number of allylic oxidation sites excluding steroid dienone is 2. The van der Waals surface area contributed by atoms with Crippen LogP contribution in [0, 0.1) is 0 Å². The Morgan fingerprint density at radius 2 is 2.33 bits per heavy atom. The van der Waals surface area contributed by atoms with Crippen molar-refractivity contribution < 1.29 is 0 Å². The van der Waals surface area contributed by atoms with E-state index in [4.69, 9.17) is 11.6 Å². The Morgan fingerprint density at radius 3 is 2.33 bits per heavy atom. The molecule has 0 N–H and O–H groups in total. The minimum atomic E-state index is 0.463. The number of hydrogen-bond acceptors (Lipinski definition) is 1. The Labute approximate surface area is 47.9 Å². The third kappa shape index (κ3) is 4.12. The van der Waals surface area contributed by atoms with Gasteiger partial charge in [-0.25, -0.2) is 0 Å². The first-order valence-electron chi connectivity index (χ1n) is 1.44. The maximum atomic E-state index is 5.23. The van der Waals surface area contributed by atoms with Gasteiger partial charge in [0.15, 0.2) is 0 Å². The van der Waals surface area contributed by atoms with Gasteiger partial charge in [0.25, 0.3) is 0 Å². The maximum Gasteiger partial charge on any atom is 0.0704 e. The van der Waals surface area contributed by atoms with Crippen molar-refractivity contribution in [2.24, 2.45) is 0 Å². The van der Waals surface area contributed by atoms with Gasteiger partial charge in [-0.05, 0) is 6.08 Å². The molecule has 0 aromatic rings. The van der Waals surface area contributed by atoms with Gasteiger partial charge in [-0.1, -0.05) is 24.3 Å². The van der Waals surface area contributed by atoms with Gasteiger partial charge in [-0.15, -0.1) is 12.6 Å². The zero-order chi connectivity index (χ0) is 4.99. The van der Waals surface area contributed by atoms with E-state index in [1.807, 2.05) is 0 Å². The Hall–Kier alpha value is 0.120. The summed E-state index contributed by atoms with van der Waals surface area (Å²) in [4.78, 5) is 0. The molecule has 0 heterocycles. The fraction of sp³-hybridized carbons (Fsp3) is 0. The van der Waals surface area contributed by atoms with Crippen LogP contribution < -0.4 is 0 Å². The Kier molecular flexibility index (Phi) is 3.38. The summed E-state index contributed by atoms with van der Waals surface area (Å²) in [5.74, 6) is 0. The fourth-order valence-electron chi connectivity index (χ4n) is 0.0972. The minimum absolute atomic E-state index is 0.463. The molecule has 2 heteroatoms. The largest absolute Gasteiger partial charge is 0.131 e. The van der Waals surface area contributed by atoms with E-state index in [-0.39, 0.29) is 0 Å². The molecular weight excluding hydrogens is 116 g/mol. The van der Waals surface area contributed by atoms with E-state index in [9.17, 15) is 0 Å². The summed E-state index contributed by atoms with van der Waals surface area (Å²) in [6, 6.07) is 0. The molecule has 0 atom stereocenters. The molecule has 0 saturated heterocycles. The van der Waals surface area contributed by atoms with Crippen molar-refractivity contribution in [1.82, 2.24) is 0 Å².